The molecule has 0 N–H and O–H groups in total. The number of nitro groups is 1. The molecule has 0 unspecified atom stereocenters. The Bertz CT molecular complexity index is 775. The summed E-state index contributed by atoms with van der Waals surface area (Å²) >= 11 is 0. The van der Waals surface area contributed by atoms with Crippen LogP contribution in [0.5, 0.6) is 0 Å². The van der Waals surface area contributed by atoms with Crippen molar-refractivity contribution >= 4 is 5.69 Å². The largest absolute Gasteiger partial charge is 0.269 e. The van der Waals surface area contributed by atoms with Crippen LogP contribution >= 0.6 is 0 Å². The van der Waals surface area contributed by atoms with Crippen molar-refractivity contribution in [3.8, 4) is 22.8 Å². The Morgan fingerprint density at radius 3 is 2.48 bits per heavy atom. The van der Waals surface area contributed by atoms with Gasteiger partial charge >= 0.3 is 0 Å². The monoisotopic (exact) mass is 279 g/mol. The van der Waals surface area contributed by atoms with E-state index in [1.165, 1.54) is 18.3 Å². The minimum atomic E-state index is -0.443. The van der Waals surface area contributed by atoms with Crippen LogP contribution in [0.15, 0.2) is 54.9 Å². The van der Waals surface area contributed by atoms with E-state index in [4.69, 9.17) is 0 Å². The van der Waals surface area contributed by atoms with Crippen LogP contribution in [0.4, 0.5) is 5.69 Å². The second-order valence-electron chi connectivity index (χ2n) is 4.18. The van der Waals surface area contributed by atoms with Crippen LogP contribution in [0.2, 0.25) is 0 Å². The molecule has 0 saturated heterocycles. The van der Waals surface area contributed by atoms with Crippen LogP contribution in [-0.2, 0) is 0 Å². The average Bonchev–Trinajstić information content (AvgIpc) is 2.56. The molecule has 3 rings (SSSR count). The van der Waals surface area contributed by atoms with Gasteiger partial charge in [0.2, 0.25) is 5.82 Å². The molecule has 0 aliphatic carbocycles. The van der Waals surface area contributed by atoms with Gasteiger partial charge in [0.1, 0.15) is 5.69 Å². The summed E-state index contributed by atoms with van der Waals surface area (Å²) in [6.07, 6.45) is 3.16. The molecular formula is C14H9N5O2. The zero-order chi connectivity index (χ0) is 14.7. The molecule has 0 aliphatic heterocycles. The number of nitrogens with zero attached hydrogens (tertiary/aromatic N) is 5. The van der Waals surface area contributed by atoms with Crippen molar-refractivity contribution in [1.29, 1.82) is 0 Å². The molecular weight excluding hydrogens is 270 g/mol. The Kier molecular flexibility index (Phi) is 3.30. The van der Waals surface area contributed by atoms with Crippen LogP contribution in [-0.4, -0.2) is 25.1 Å². The van der Waals surface area contributed by atoms with E-state index < -0.39 is 4.92 Å². The molecule has 1 aromatic carbocycles. The summed E-state index contributed by atoms with van der Waals surface area (Å²) in [5.41, 5.74) is 1.97. The van der Waals surface area contributed by atoms with Gasteiger partial charge in [-0.2, -0.15) is 5.10 Å². The fourth-order valence-corrected chi connectivity index (χ4v) is 1.80. The Balaban J connectivity index is 1.98. The van der Waals surface area contributed by atoms with E-state index in [0.717, 1.165) is 5.56 Å². The van der Waals surface area contributed by atoms with Crippen LogP contribution in [0.25, 0.3) is 22.8 Å². The van der Waals surface area contributed by atoms with E-state index in [2.05, 4.69) is 20.2 Å². The van der Waals surface area contributed by atoms with Gasteiger partial charge in [-0.15, -0.1) is 5.10 Å². The molecule has 0 atom stereocenters. The lowest BCUT2D eigenvalue weighted by Crippen LogP contribution is -1.96. The average molecular weight is 279 g/mol. The molecule has 7 heteroatoms. The highest BCUT2D eigenvalue weighted by atomic mass is 16.6. The number of pyridine rings is 1. The van der Waals surface area contributed by atoms with Crippen LogP contribution < -0.4 is 0 Å². The summed E-state index contributed by atoms with van der Waals surface area (Å²) in [6, 6.07) is 11.5. The van der Waals surface area contributed by atoms with E-state index in [1.807, 2.05) is 6.07 Å². The third-order valence-electron chi connectivity index (χ3n) is 2.83. The molecule has 0 fully saturated rings. The third kappa shape index (κ3) is 2.71. The van der Waals surface area contributed by atoms with Crippen LogP contribution in [0.1, 0.15) is 0 Å². The fourth-order valence-electron chi connectivity index (χ4n) is 1.80. The number of benzene rings is 1. The molecule has 2 heterocycles. The number of aromatic nitrogens is 4. The highest BCUT2D eigenvalue weighted by Gasteiger charge is 2.09. The van der Waals surface area contributed by atoms with Gasteiger partial charge in [-0.3, -0.25) is 15.1 Å². The van der Waals surface area contributed by atoms with Crippen molar-refractivity contribution in [2.24, 2.45) is 0 Å². The van der Waals surface area contributed by atoms with E-state index in [9.17, 15) is 10.1 Å². The maximum absolute atomic E-state index is 10.6. The summed E-state index contributed by atoms with van der Waals surface area (Å²) in [4.78, 5) is 18.8. The molecule has 21 heavy (non-hydrogen) atoms. The maximum Gasteiger partial charge on any atom is 0.269 e. The van der Waals surface area contributed by atoms with Crippen LogP contribution in [0.3, 0.4) is 0 Å². The highest BCUT2D eigenvalue weighted by molar-refractivity contribution is 5.62. The molecule has 0 radical (unpaired) electrons. The van der Waals surface area contributed by atoms with E-state index >= 15 is 0 Å². The van der Waals surface area contributed by atoms with Gasteiger partial charge in [-0.1, -0.05) is 6.07 Å². The number of rotatable bonds is 3. The third-order valence-corrected chi connectivity index (χ3v) is 2.83. The van der Waals surface area contributed by atoms with Gasteiger partial charge in [0.05, 0.1) is 16.8 Å². The van der Waals surface area contributed by atoms with Crippen molar-refractivity contribution in [3.05, 3.63) is 65.0 Å². The second kappa shape index (κ2) is 5.41. The predicted octanol–water partition coefficient (Wildman–Crippen LogP) is 2.51. The zero-order valence-electron chi connectivity index (χ0n) is 10.7. The van der Waals surface area contributed by atoms with E-state index in [0.29, 0.717) is 17.2 Å². The van der Waals surface area contributed by atoms with Crippen molar-refractivity contribution in [1.82, 2.24) is 20.2 Å². The first kappa shape index (κ1) is 12.8. The van der Waals surface area contributed by atoms with Gasteiger partial charge in [0, 0.05) is 23.9 Å². The molecule has 0 spiro atoms. The highest BCUT2D eigenvalue weighted by Crippen LogP contribution is 2.21. The molecule has 102 valence electrons. The lowest BCUT2D eigenvalue weighted by atomic mass is 10.1. The lowest BCUT2D eigenvalue weighted by Gasteiger charge is -2.02. The maximum atomic E-state index is 10.6. The number of hydrogen-bond donors (Lipinski definition) is 0. The van der Waals surface area contributed by atoms with Crippen LogP contribution in [0, 0.1) is 10.1 Å². The Labute approximate surface area is 119 Å². The van der Waals surface area contributed by atoms with E-state index in [-0.39, 0.29) is 5.69 Å². The fraction of sp³-hybridized carbons (Fsp3) is 0. The topological polar surface area (TPSA) is 94.7 Å². The second-order valence-corrected chi connectivity index (χ2v) is 4.18. The van der Waals surface area contributed by atoms with Crippen molar-refractivity contribution in [3.63, 3.8) is 0 Å². The quantitative estimate of drug-likeness (QED) is 0.540. The Morgan fingerprint density at radius 2 is 1.81 bits per heavy atom. The summed E-state index contributed by atoms with van der Waals surface area (Å²) in [6.45, 7) is 0. The molecule has 7 nitrogen and oxygen atoms in total. The minimum absolute atomic E-state index is 0.0331. The molecule has 2 aromatic heterocycles. The Hall–Kier alpha value is -3.22. The number of nitro benzene ring substituents is 1. The minimum Gasteiger partial charge on any atom is -0.258 e. The van der Waals surface area contributed by atoms with Gasteiger partial charge < -0.3 is 0 Å². The summed E-state index contributed by atoms with van der Waals surface area (Å²) in [5.74, 6) is 0.409. The molecule has 0 aliphatic rings. The van der Waals surface area contributed by atoms with E-state index in [1.54, 1.807) is 30.5 Å². The summed E-state index contributed by atoms with van der Waals surface area (Å²) < 4.78 is 0. The lowest BCUT2D eigenvalue weighted by molar-refractivity contribution is -0.384. The predicted molar refractivity (Wildman–Crippen MR) is 75.1 cm³/mol. The van der Waals surface area contributed by atoms with Crippen molar-refractivity contribution < 1.29 is 4.92 Å². The number of hydrogen-bond acceptors (Lipinski definition) is 6. The van der Waals surface area contributed by atoms with Gasteiger partial charge in [-0.25, -0.2) is 4.98 Å². The van der Waals surface area contributed by atoms with Crippen molar-refractivity contribution in [2.45, 2.75) is 0 Å². The van der Waals surface area contributed by atoms with Gasteiger partial charge in [0.15, 0.2) is 0 Å². The first-order valence-electron chi connectivity index (χ1n) is 6.10. The SMILES string of the molecule is O=[N+]([O-])c1ccc(-c2cnnc(-c3ccccn3)n2)cc1. The first-order chi connectivity index (χ1) is 10.2. The molecule has 0 amide bonds. The number of non-ortho nitro benzene ring substituents is 1. The van der Waals surface area contributed by atoms with Crippen molar-refractivity contribution in [2.75, 3.05) is 0 Å². The molecule has 0 bridgehead atoms. The zero-order valence-corrected chi connectivity index (χ0v) is 10.7. The smallest absolute Gasteiger partial charge is 0.258 e. The molecule has 0 saturated carbocycles. The normalized spacial score (nSPS) is 10.3. The Morgan fingerprint density at radius 1 is 1.00 bits per heavy atom. The molecule has 3 aromatic rings. The van der Waals surface area contributed by atoms with Gasteiger partial charge in [0.25, 0.3) is 5.69 Å². The van der Waals surface area contributed by atoms with Gasteiger partial charge in [-0.05, 0) is 24.3 Å². The summed E-state index contributed by atoms with van der Waals surface area (Å²) in [5, 5.41) is 18.5. The first-order valence-corrected chi connectivity index (χ1v) is 6.10. The summed E-state index contributed by atoms with van der Waals surface area (Å²) in [7, 11) is 0. The standard InChI is InChI=1S/C14H9N5O2/c20-19(21)11-6-4-10(5-7-11)13-9-16-18-14(17-13)12-3-1-2-8-15-12/h1-9H.